The third-order valence-corrected chi connectivity index (χ3v) is 3.57. The predicted octanol–water partition coefficient (Wildman–Crippen LogP) is 1.32. The molecule has 1 saturated heterocycles. The molecule has 94 valence electrons. The first-order valence-electron chi connectivity index (χ1n) is 5.86. The van der Waals surface area contributed by atoms with E-state index in [1.54, 1.807) is 0 Å². The summed E-state index contributed by atoms with van der Waals surface area (Å²) in [6.07, 6.45) is 5.05. The van der Waals surface area contributed by atoms with Crippen molar-refractivity contribution in [3.63, 3.8) is 0 Å². The predicted molar refractivity (Wildman–Crippen MR) is 68.6 cm³/mol. The molecule has 5 nitrogen and oxygen atoms in total. The van der Waals surface area contributed by atoms with E-state index in [2.05, 4.69) is 27.2 Å². The van der Waals surface area contributed by atoms with Gasteiger partial charge in [-0.3, -0.25) is 4.79 Å². The number of hydrogen-bond donors (Lipinski definition) is 2. The summed E-state index contributed by atoms with van der Waals surface area (Å²) >= 11 is 5.86. The molecule has 0 radical (unpaired) electrons. The molecule has 1 atom stereocenters. The first kappa shape index (κ1) is 12.4. The lowest BCUT2D eigenvalue weighted by atomic mass is 10.0. The Bertz CT molecular complexity index is 434. The van der Waals surface area contributed by atoms with E-state index in [0.29, 0.717) is 11.9 Å². The minimum Gasteiger partial charge on any atom is -0.367 e. The third-order valence-electron chi connectivity index (χ3n) is 3.22. The van der Waals surface area contributed by atoms with Crippen LogP contribution in [0.4, 0.5) is 5.82 Å². The Morgan fingerprint density at radius 1 is 1.65 bits per heavy atom. The Kier molecular flexibility index (Phi) is 4.02. The van der Waals surface area contributed by atoms with E-state index in [1.807, 2.05) is 0 Å². The number of anilines is 1. The lowest BCUT2D eigenvalue weighted by Crippen LogP contribution is -2.41. The van der Waals surface area contributed by atoms with Crippen molar-refractivity contribution < 1.29 is 0 Å². The minimum atomic E-state index is -0.304. The van der Waals surface area contributed by atoms with Gasteiger partial charge >= 0.3 is 0 Å². The Balaban J connectivity index is 1.97. The normalized spacial score (nSPS) is 21.4. The van der Waals surface area contributed by atoms with Gasteiger partial charge in [0.25, 0.3) is 5.56 Å². The maximum absolute atomic E-state index is 11.3. The summed E-state index contributed by atoms with van der Waals surface area (Å²) in [5.41, 5.74) is -0.304. The zero-order valence-electron chi connectivity index (χ0n) is 9.87. The summed E-state index contributed by atoms with van der Waals surface area (Å²) < 4.78 is 0. The van der Waals surface area contributed by atoms with Gasteiger partial charge in [-0.1, -0.05) is 18.0 Å². The van der Waals surface area contributed by atoms with Crippen molar-refractivity contribution >= 4 is 17.4 Å². The second kappa shape index (κ2) is 5.51. The van der Waals surface area contributed by atoms with Crippen molar-refractivity contribution in [1.29, 1.82) is 0 Å². The summed E-state index contributed by atoms with van der Waals surface area (Å²) in [6, 6.07) is 0.487. The van der Waals surface area contributed by atoms with Crippen LogP contribution in [0.25, 0.3) is 0 Å². The maximum atomic E-state index is 11.3. The van der Waals surface area contributed by atoms with Crippen molar-refractivity contribution in [3.8, 4) is 0 Å². The molecule has 1 aromatic rings. The summed E-state index contributed by atoms with van der Waals surface area (Å²) in [6.45, 7) is 1.90. The van der Waals surface area contributed by atoms with E-state index in [0.717, 1.165) is 13.1 Å². The van der Waals surface area contributed by atoms with Crippen molar-refractivity contribution in [2.24, 2.45) is 0 Å². The van der Waals surface area contributed by atoms with E-state index in [4.69, 9.17) is 11.6 Å². The Hall–Kier alpha value is -1.07. The van der Waals surface area contributed by atoms with E-state index in [9.17, 15) is 4.79 Å². The topological polar surface area (TPSA) is 61.0 Å². The third kappa shape index (κ3) is 2.98. The fourth-order valence-corrected chi connectivity index (χ4v) is 2.29. The zero-order chi connectivity index (χ0) is 12.3. The highest BCUT2D eigenvalue weighted by atomic mass is 35.5. The lowest BCUT2D eigenvalue weighted by molar-refractivity contribution is 0.194. The molecule has 1 unspecified atom stereocenters. The van der Waals surface area contributed by atoms with Gasteiger partial charge in [0.05, 0.1) is 6.33 Å². The molecule has 0 saturated carbocycles. The van der Waals surface area contributed by atoms with Gasteiger partial charge in [0.1, 0.15) is 5.02 Å². The molecule has 1 fully saturated rings. The largest absolute Gasteiger partial charge is 0.367 e. The first-order chi connectivity index (χ1) is 8.18. The van der Waals surface area contributed by atoms with Gasteiger partial charge in [-0.2, -0.15) is 0 Å². The van der Waals surface area contributed by atoms with Crippen molar-refractivity contribution in [1.82, 2.24) is 14.9 Å². The van der Waals surface area contributed by atoms with E-state index in [-0.39, 0.29) is 10.6 Å². The highest BCUT2D eigenvalue weighted by Gasteiger charge is 2.19. The molecule has 1 aromatic heterocycles. The van der Waals surface area contributed by atoms with Crippen LogP contribution >= 0.6 is 11.6 Å². The minimum absolute atomic E-state index is 0.131. The fourth-order valence-electron chi connectivity index (χ4n) is 2.12. The number of aromatic nitrogens is 2. The highest BCUT2D eigenvalue weighted by molar-refractivity contribution is 6.32. The number of likely N-dealkylation sites (tertiary alicyclic amines) is 1. The number of likely N-dealkylation sites (N-methyl/N-ethyl adjacent to an activating group) is 1. The molecular weight excluding hydrogens is 240 g/mol. The number of nitrogens with zero attached hydrogens (tertiary/aromatic N) is 2. The van der Waals surface area contributed by atoms with E-state index in [1.165, 1.54) is 25.6 Å². The van der Waals surface area contributed by atoms with Crippen LogP contribution in [0.2, 0.25) is 5.02 Å². The highest BCUT2D eigenvalue weighted by Crippen LogP contribution is 2.17. The molecule has 2 heterocycles. The number of H-pyrrole nitrogens is 1. The second-order valence-electron chi connectivity index (χ2n) is 4.41. The average molecular weight is 257 g/mol. The molecule has 0 bridgehead atoms. The van der Waals surface area contributed by atoms with Crippen LogP contribution in [0.3, 0.4) is 0 Å². The number of rotatable bonds is 3. The van der Waals surface area contributed by atoms with Gasteiger partial charge in [0.15, 0.2) is 5.82 Å². The summed E-state index contributed by atoms with van der Waals surface area (Å²) in [4.78, 5) is 20.1. The number of piperidine rings is 1. The van der Waals surface area contributed by atoms with Crippen LogP contribution in [-0.2, 0) is 0 Å². The van der Waals surface area contributed by atoms with Crippen molar-refractivity contribution in [2.45, 2.75) is 25.3 Å². The van der Waals surface area contributed by atoms with Gasteiger partial charge in [0, 0.05) is 12.6 Å². The lowest BCUT2D eigenvalue weighted by Gasteiger charge is -2.32. The van der Waals surface area contributed by atoms with Gasteiger partial charge < -0.3 is 15.2 Å². The maximum Gasteiger partial charge on any atom is 0.271 e. The van der Waals surface area contributed by atoms with Gasteiger partial charge in [-0.05, 0) is 26.4 Å². The average Bonchev–Trinajstić information content (AvgIpc) is 2.33. The summed E-state index contributed by atoms with van der Waals surface area (Å²) in [5, 5.41) is 3.28. The molecule has 1 aliphatic rings. The smallest absolute Gasteiger partial charge is 0.271 e. The SMILES string of the molecule is CN1CCCCC1CNc1nc[nH]c(=O)c1Cl. The molecule has 1 aliphatic heterocycles. The molecule has 0 aromatic carbocycles. The summed E-state index contributed by atoms with van der Waals surface area (Å²) in [7, 11) is 2.12. The number of nitrogens with one attached hydrogen (secondary N) is 2. The van der Waals surface area contributed by atoms with Gasteiger partial charge in [-0.25, -0.2) is 4.98 Å². The number of halogens is 1. The fraction of sp³-hybridized carbons (Fsp3) is 0.636. The Labute approximate surface area is 105 Å². The van der Waals surface area contributed by atoms with Crippen LogP contribution < -0.4 is 10.9 Å². The van der Waals surface area contributed by atoms with Crippen LogP contribution in [0.5, 0.6) is 0 Å². The summed E-state index contributed by atoms with van der Waals surface area (Å²) in [5.74, 6) is 0.467. The Morgan fingerprint density at radius 3 is 3.24 bits per heavy atom. The van der Waals surface area contributed by atoms with Crippen molar-refractivity contribution in [2.75, 3.05) is 25.5 Å². The van der Waals surface area contributed by atoms with E-state index >= 15 is 0 Å². The molecule has 0 amide bonds. The monoisotopic (exact) mass is 256 g/mol. The second-order valence-corrected chi connectivity index (χ2v) is 4.78. The number of aromatic amines is 1. The van der Waals surface area contributed by atoms with Crippen LogP contribution in [0.15, 0.2) is 11.1 Å². The molecule has 17 heavy (non-hydrogen) atoms. The molecule has 2 N–H and O–H groups in total. The van der Waals surface area contributed by atoms with E-state index < -0.39 is 0 Å². The van der Waals surface area contributed by atoms with Gasteiger partial charge in [-0.15, -0.1) is 0 Å². The van der Waals surface area contributed by atoms with Crippen LogP contribution in [0, 0.1) is 0 Å². The molecule has 6 heteroatoms. The number of hydrogen-bond acceptors (Lipinski definition) is 4. The molecule has 2 rings (SSSR count). The quantitative estimate of drug-likeness (QED) is 0.856. The van der Waals surface area contributed by atoms with Crippen molar-refractivity contribution in [3.05, 3.63) is 21.7 Å². The van der Waals surface area contributed by atoms with Crippen LogP contribution in [-0.4, -0.2) is 41.0 Å². The zero-order valence-corrected chi connectivity index (χ0v) is 10.6. The molecular formula is C11H17ClN4O. The molecule has 0 spiro atoms. The van der Waals surface area contributed by atoms with Gasteiger partial charge in [0.2, 0.25) is 0 Å². The Morgan fingerprint density at radius 2 is 2.47 bits per heavy atom. The standard InChI is InChI=1S/C11H17ClN4O/c1-16-5-3-2-4-8(16)6-13-10-9(12)11(17)15-7-14-10/h7-8H,2-6H2,1H3,(H2,13,14,15,17). The first-order valence-corrected chi connectivity index (χ1v) is 6.23. The molecule has 0 aliphatic carbocycles. The van der Waals surface area contributed by atoms with Crippen LogP contribution in [0.1, 0.15) is 19.3 Å².